The highest BCUT2D eigenvalue weighted by atomic mass is 16.5. The molecule has 2 amide bonds. The van der Waals surface area contributed by atoms with Gasteiger partial charge in [-0.05, 0) is 55.7 Å². The van der Waals surface area contributed by atoms with Crippen molar-refractivity contribution in [2.24, 2.45) is 0 Å². The summed E-state index contributed by atoms with van der Waals surface area (Å²) in [7, 11) is 0. The Morgan fingerprint density at radius 2 is 1.84 bits per heavy atom. The Morgan fingerprint density at radius 1 is 1.06 bits per heavy atom. The molecule has 2 heterocycles. The summed E-state index contributed by atoms with van der Waals surface area (Å²) in [5.41, 5.74) is 4.39. The van der Waals surface area contributed by atoms with E-state index in [1.54, 1.807) is 23.2 Å². The molecule has 6 nitrogen and oxygen atoms in total. The number of benzene rings is 2. The van der Waals surface area contributed by atoms with E-state index in [4.69, 9.17) is 4.74 Å². The summed E-state index contributed by atoms with van der Waals surface area (Å²) in [4.78, 5) is 31.5. The SMILES string of the molecule is Cc1ccc(CNC(=O)CCCN2C(=O)c3cccnc3Oc3ccc(C)cc32)cc1. The van der Waals surface area contributed by atoms with Crippen LogP contribution in [-0.2, 0) is 11.3 Å². The van der Waals surface area contributed by atoms with Crippen LogP contribution in [0.5, 0.6) is 11.6 Å². The number of hydrogen-bond donors (Lipinski definition) is 1. The van der Waals surface area contributed by atoms with Crippen molar-refractivity contribution < 1.29 is 14.3 Å². The molecule has 1 N–H and O–H groups in total. The minimum atomic E-state index is -0.174. The number of nitrogens with one attached hydrogen (secondary N) is 1. The molecule has 2 aromatic carbocycles. The number of carbonyl (C=O) groups is 2. The molecule has 0 unspecified atom stereocenters. The van der Waals surface area contributed by atoms with Crippen molar-refractivity contribution in [2.75, 3.05) is 11.4 Å². The Balaban J connectivity index is 1.43. The van der Waals surface area contributed by atoms with Crippen LogP contribution in [0.1, 0.15) is 39.9 Å². The molecule has 1 aliphatic heterocycles. The van der Waals surface area contributed by atoms with E-state index in [9.17, 15) is 9.59 Å². The normalized spacial score (nSPS) is 12.5. The highest BCUT2D eigenvalue weighted by molar-refractivity contribution is 6.09. The number of amides is 2. The van der Waals surface area contributed by atoms with Crippen molar-refractivity contribution in [1.82, 2.24) is 10.3 Å². The molecule has 0 atom stereocenters. The molecule has 1 aromatic heterocycles. The third-order valence-corrected chi connectivity index (χ3v) is 5.25. The average Bonchev–Trinajstić information content (AvgIpc) is 2.88. The average molecular weight is 415 g/mol. The highest BCUT2D eigenvalue weighted by Gasteiger charge is 2.28. The highest BCUT2D eigenvalue weighted by Crippen LogP contribution is 2.38. The van der Waals surface area contributed by atoms with E-state index < -0.39 is 0 Å². The van der Waals surface area contributed by atoms with Crippen molar-refractivity contribution in [3.05, 3.63) is 83.0 Å². The van der Waals surface area contributed by atoms with Crippen LogP contribution in [0.4, 0.5) is 5.69 Å². The Hall–Kier alpha value is -3.67. The Kier molecular flexibility index (Phi) is 5.98. The van der Waals surface area contributed by atoms with Crippen LogP contribution in [-0.4, -0.2) is 23.3 Å². The maximum Gasteiger partial charge on any atom is 0.263 e. The van der Waals surface area contributed by atoms with Gasteiger partial charge in [0.1, 0.15) is 5.56 Å². The van der Waals surface area contributed by atoms with Gasteiger partial charge in [-0.1, -0.05) is 35.9 Å². The first-order chi connectivity index (χ1) is 15.0. The molecule has 0 bridgehead atoms. The molecule has 0 saturated carbocycles. The lowest BCUT2D eigenvalue weighted by molar-refractivity contribution is -0.121. The maximum absolute atomic E-state index is 13.2. The van der Waals surface area contributed by atoms with Gasteiger partial charge in [-0.3, -0.25) is 9.59 Å². The number of ether oxygens (including phenoxy) is 1. The minimum absolute atomic E-state index is 0.0365. The molecule has 0 radical (unpaired) electrons. The lowest BCUT2D eigenvalue weighted by atomic mass is 10.1. The second-order valence-electron chi connectivity index (χ2n) is 7.75. The van der Waals surface area contributed by atoms with E-state index in [-0.39, 0.29) is 11.8 Å². The largest absolute Gasteiger partial charge is 0.436 e. The van der Waals surface area contributed by atoms with Gasteiger partial charge in [-0.15, -0.1) is 0 Å². The standard InChI is InChI=1S/C25H25N3O3/c1-17-7-10-19(11-8-17)16-27-23(29)6-4-14-28-21-15-18(2)9-12-22(21)31-24-20(25(28)30)5-3-13-26-24/h3,5,7-13,15H,4,6,14,16H2,1-2H3,(H,27,29). The van der Waals surface area contributed by atoms with E-state index >= 15 is 0 Å². The zero-order valence-electron chi connectivity index (χ0n) is 17.7. The quantitative estimate of drug-likeness (QED) is 0.641. The van der Waals surface area contributed by atoms with Crippen LogP contribution < -0.4 is 15.0 Å². The summed E-state index contributed by atoms with van der Waals surface area (Å²) in [6.45, 7) is 4.91. The smallest absolute Gasteiger partial charge is 0.263 e. The van der Waals surface area contributed by atoms with Gasteiger partial charge in [-0.25, -0.2) is 4.98 Å². The van der Waals surface area contributed by atoms with Crippen molar-refractivity contribution >= 4 is 17.5 Å². The van der Waals surface area contributed by atoms with Crippen LogP contribution in [0.15, 0.2) is 60.8 Å². The number of fused-ring (bicyclic) bond motifs is 2. The first-order valence-electron chi connectivity index (χ1n) is 10.4. The van der Waals surface area contributed by atoms with Gasteiger partial charge in [0.15, 0.2) is 5.75 Å². The van der Waals surface area contributed by atoms with Crippen LogP contribution in [0.2, 0.25) is 0 Å². The molecule has 1 aliphatic rings. The van der Waals surface area contributed by atoms with Gasteiger partial charge in [0.05, 0.1) is 5.69 Å². The summed E-state index contributed by atoms with van der Waals surface area (Å²) in [5, 5.41) is 2.95. The summed E-state index contributed by atoms with van der Waals surface area (Å²) in [5.74, 6) is 0.675. The predicted octanol–water partition coefficient (Wildman–Crippen LogP) is 4.55. The van der Waals surface area contributed by atoms with Gasteiger partial charge in [0.2, 0.25) is 11.8 Å². The lowest BCUT2D eigenvalue weighted by Gasteiger charge is -2.22. The molecular weight excluding hydrogens is 390 g/mol. The fourth-order valence-electron chi connectivity index (χ4n) is 3.53. The Morgan fingerprint density at radius 3 is 2.65 bits per heavy atom. The van der Waals surface area contributed by atoms with Crippen LogP contribution >= 0.6 is 0 Å². The number of rotatable bonds is 6. The molecule has 0 fully saturated rings. The number of pyridine rings is 1. The lowest BCUT2D eigenvalue weighted by Crippen LogP contribution is -2.32. The number of aryl methyl sites for hydroxylation is 2. The molecule has 3 aromatic rings. The molecule has 0 saturated heterocycles. The molecule has 6 heteroatoms. The van der Waals surface area contributed by atoms with E-state index in [1.807, 2.05) is 56.3 Å². The number of nitrogens with zero attached hydrogens (tertiary/aromatic N) is 2. The van der Waals surface area contributed by atoms with Gasteiger partial charge in [0.25, 0.3) is 5.91 Å². The summed E-state index contributed by atoms with van der Waals surface area (Å²) >= 11 is 0. The van der Waals surface area contributed by atoms with Crippen molar-refractivity contribution in [1.29, 1.82) is 0 Å². The number of anilines is 1. The molecule has 0 aliphatic carbocycles. The molecule has 0 spiro atoms. The van der Waals surface area contributed by atoms with E-state index in [1.165, 1.54) is 5.56 Å². The fraction of sp³-hybridized carbons (Fsp3) is 0.240. The maximum atomic E-state index is 13.2. The number of aromatic nitrogens is 1. The van der Waals surface area contributed by atoms with Gasteiger partial charge >= 0.3 is 0 Å². The van der Waals surface area contributed by atoms with E-state index in [0.29, 0.717) is 48.8 Å². The Bertz CT molecular complexity index is 1110. The molecule has 31 heavy (non-hydrogen) atoms. The first kappa shape index (κ1) is 20.6. The topological polar surface area (TPSA) is 71.5 Å². The third-order valence-electron chi connectivity index (χ3n) is 5.25. The zero-order chi connectivity index (χ0) is 21.8. The first-order valence-corrected chi connectivity index (χ1v) is 10.4. The summed E-state index contributed by atoms with van der Waals surface area (Å²) in [6, 6.07) is 17.2. The molecule has 4 rings (SSSR count). The second kappa shape index (κ2) is 9.00. The monoisotopic (exact) mass is 415 g/mol. The van der Waals surface area contributed by atoms with Gasteiger partial charge in [-0.2, -0.15) is 0 Å². The van der Waals surface area contributed by atoms with E-state index in [2.05, 4.69) is 10.3 Å². The minimum Gasteiger partial charge on any atom is -0.436 e. The predicted molar refractivity (Wildman–Crippen MR) is 119 cm³/mol. The van der Waals surface area contributed by atoms with Crippen molar-refractivity contribution in [2.45, 2.75) is 33.2 Å². The number of carbonyl (C=O) groups excluding carboxylic acids is 2. The fourth-order valence-corrected chi connectivity index (χ4v) is 3.53. The number of hydrogen-bond acceptors (Lipinski definition) is 4. The van der Waals surface area contributed by atoms with Gasteiger partial charge in [0, 0.05) is 25.7 Å². The summed E-state index contributed by atoms with van der Waals surface area (Å²) in [6.07, 6.45) is 2.47. The van der Waals surface area contributed by atoms with Crippen LogP contribution in [0.25, 0.3) is 0 Å². The zero-order valence-corrected chi connectivity index (χ0v) is 17.7. The van der Waals surface area contributed by atoms with Crippen molar-refractivity contribution in [3.63, 3.8) is 0 Å². The van der Waals surface area contributed by atoms with E-state index in [0.717, 1.165) is 11.1 Å². The summed E-state index contributed by atoms with van der Waals surface area (Å²) < 4.78 is 5.93. The van der Waals surface area contributed by atoms with Crippen LogP contribution in [0.3, 0.4) is 0 Å². The Labute approximate surface area is 181 Å². The van der Waals surface area contributed by atoms with Crippen LogP contribution in [0, 0.1) is 13.8 Å². The second-order valence-corrected chi connectivity index (χ2v) is 7.75. The molecule has 158 valence electrons. The van der Waals surface area contributed by atoms with Crippen molar-refractivity contribution in [3.8, 4) is 11.6 Å². The third kappa shape index (κ3) is 4.74. The molecular formula is C25H25N3O3. The van der Waals surface area contributed by atoms with Gasteiger partial charge < -0.3 is 15.0 Å².